The summed E-state index contributed by atoms with van der Waals surface area (Å²) in [7, 11) is 0. The van der Waals surface area contributed by atoms with Gasteiger partial charge in [0.05, 0.1) is 6.10 Å². The zero-order valence-electron chi connectivity index (χ0n) is 8.46. The number of hydrogen-bond donors (Lipinski definition) is 1. The summed E-state index contributed by atoms with van der Waals surface area (Å²) < 4.78 is 0. The third-order valence-electron chi connectivity index (χ3n) is 2.36. The summed E-state index contributed by atoms with van der Waals surface area (Å²) in [6.45, 7) is 4.10. The third-order valence-corrected chi connectivity index (χ3v) is 2.36. The molecule has 1 unspecified atom stereocenters. The van der Waals surface area contributed by atoms with Crippen LogP contribution < -0.4 is 0 Å². The molecule has 1 aromatic carbocycles. The van der Waals surface area contributed by atoms with Crippen molar-refractivity contribution in [2.75, 3.05) is 0 Å². The highest BCUT2D eigenvalue weighted by atomic mass is 16.3. The van der Waals surface area contributed by atoms with Crippen LogP contribution in [0.4, 0.5) is 0 Å². The normalized spacial score (nSPS) is 12.8. The Morgan fingerprint density at radius 1 is 1.23 bits per heavy atom. The van der Waals surface area contributed by atoms with Crippen molar-refractivity contribution in [3.05, 3.63) is 35.4 Å². The minimum Gasteiger partial charge on any atom is -0.393 e. The van der Waals surface area contributed by atoms with E-state index < -0.39 is 0 Å². The first-order valence-corrected chi connectivity index (χ1v) is 4.96. The van der Waals surface area contributed by atoms with Gasteiger partial charge in [-0.1, -0.05) is 36.8 Å². The predicted molar refractivity (Wildman–Crippen MR) is 55.8 cm³/mol. The predicted octanol–water partition coefficient (Wildman–Crippen LogP) is 2.70. The van der Waals surface area contributed by atoms with E-state index in [1.54, 1.807) is 0 Å². The molecule has 0 aromatic heterocycles. The minimum atomic E-state index is -0.138. The molecule has 1 nitrogen and oxygen atoms in total. The Bertz CT molecular complexity index is 238. The lowest BCUT2D eigenvalue weighted by Gasteiger charge is -2.07. The van der Waals surface area contributed by atoms with Crippen molar-refractivity contribution in [1.82, 2.24) is 0 Å². The van der Waals surface area contributed by atoms with Crippen LogP contribution in [0.3, 0.4) is 0 Å². The molecule has 13 heavy (non-hydrogen) atoms. The molecule has 0 radical (unpaired) electrons. The molecular formula is C12H18O. The Kier molecular flexibility index (Phi) is 3.97. The fourth-order valence-electron chi connectivity index (χ4n) is 1.29. The van der Waals surface area contributed by atoms with Gasteiger partial charge in [-0.25, -0.2) is 0 Å². The molecule has 0 fully saturated rings. The van der Waals surface area contributed by atoms with Gasteiger partial charge in [0.15, 0.2) is 0 Å². The maximum atomic E-state index is 9.37. The second-order valence-electron chi connectivity index (χ2n) is 3.59. The van der Waals surface area contributed by atoms with Gasteiger partial charge in [-0.3, -0.25) is 0 Å². The number of benzene rings is 1. The summed E-state index contributed by atoms with van der Waals surface area (Å²) >= 11 is 0. The van der Waals surface area contributed by atoms with Crippen LogP contribution in [0.1, 0.15) is 30.9 Å². The van der Waals surface area contributed by atoms with Crippen LogP contribution in [0.5, 0.6) is 0 Å². The first-order valence-electron chi connectivity index (χ1n) is 4.96. The molecule has 0 bridgehead atoms. The quantitative estimate of drug-likeness (QED) is 0.751. The van der Waals surface area contributed by atoms with Gasteiger partial charge in [-0.05, 0) is 31.7 Å². The number of hydrogen-bond acceptors (Lipinski definition) is 1. The number of aliphatic hydroxyl groups excluding tert-OH is 1. The Morgan fingerprint density at radius 2 is 1.85 bits per heavy atom. The van der Waals surface area contributed by atoms with Gasteiger partial charge >= 0.3 is 0 Å². The molecule has 0 saturated carbocycles. The van der Waals surface area contributed by atoms with Gasteiger partial charge in [0.1, 0.15) is 0 Å². The van der Waals surface area contributed by atoms with E-state index in [0.29, 0.717) is 0 Å². The van der Waals surface area contributed by atoms with Crippen molar-refractivity contribution in [2.45, 2.75) is 39.2 Å². The Balaban J connectivity index is 2.41. The van der Waals surface area contributed by atoms with Gasteiger partial charge in [0, 0.05) is 0 Å². The van der Waals surface area contributed by atoms with Crippen molar-refractivity contribution >= 4 is 0 Å². The zero-order valence-corrected chi connectivity index (χ0v) is 8.46. The summed E-state index contributed by atoms with van der Waals surface area (Å²) in [5, 5.41) is 9.37. The molecule has 0 aliphatic carbocycles. The molecule has 1 atom stereocenters. The van der Waals surface area contributed by atoms with Gasteiger partial charge < -0.3 is 5.11 Å². The zero-order chi connectivity index (χ0) is 9.68. The van der Waals surface area contributed by atoms with E-state index in [-0.39, 0.29) is 6.10 Å². The highest BCUT2D eigenvalue weighted by molar-refractivity contribution is 5.21. The molecule has 1 heteroatoms. The van der Waals surface area contributed by atoms with E-state index in [4.69, 9.17) is 0 Å². The van der Waals surface area contributed by atoms with Crippen LogP contribution in [0.25, 0.3) is 0 Å². The van der Waals surface area contributed by atoms with Crippen molar-refractivity contribution in [2.24, 2.45) is 0 Å². The Hall–Kier alpha value is -0.820. The SMILES string of the molecule is CCC(O)CCc1ccc(C)cc1. The van der Waals surface area contributed by atoms with Crippen molar-refractivity contribution < 1.29 is 5.11 Å². The second kappa shape index (κ2) is 5.03. The Morgan fingerprint density at radius 3 is 2.38 bits per heavy atom. The van der Waals surface area contributed by atoms with Gasteiger partial charge in [-0.15, -0.1) is 0 Å². The molecule has 0 aliphatic rings. The smallest absolute Gasteiger partial charge is 0.0540 e. The summed E-state index contributed by atoms with van der Waals surface area (Å²) in [6.07, 6.45) is 2.57. The van der Waals surface area contributed by atoms with Gasteiger partial charge in [0.25, 0.3) is 0 Å². The first-order chi connectivity index (χ1) is 6.22. The van der Waals surface area contributed by atoms with E-state index in [1.807, 2.05) is 6.92 Å². The molecule has 1 N–H and O–H groups in total. The lowest BCUT2D eigenvalue weighted by molar-refractivity contribution is 0.160. The number of aliphatic hydroxyl groups is 1. The maximum Gasteiger partial charge on any atom is 0.0540 e. The number of rotatable bonds is 4. The number of aryl methyl sites for hydroxylation is 2. The van der Waals surface area contributed by atoms with E-state index in [1.165, 1.54) is 11.1 Å². The summed E-state index contributed by atoms with van der Waals surface area (Å²) in [4.78, 5) is 0. The lowest BCUT2D eigenvalue weighted by atomic mass is 10.0. The Labute approximate surface area is 80.4 Å². The fourth-order valence-corrected chi connectivity index (χ4v) is 1.29. The molecule has 0 spiro atoms. The topological polar surface area (TPSA) is 20.2 Å². The van der Waals surface area contributed by atoms with E-state index in [9.17, 15) is 5.11 Å². The van der Waals surface area contributed by atoms with Crippen molar-refractivity contribution in [1.29, 1.82) is 0 Å². The lowest BCUT2D eigenvalue weighted by Crippen LogP contribution is -2.05. The molecular weight excluding hydrogens is 160 g/mol. The van der Waals surface area contributed by atoms with Crippen LogP contribution in [0, 0.1) is 6.92 Å². The minimum absolute atomic E-state index is 0.138. The third kappa shape index (κ3) is 3.60. The fraction of sp³-hybridized carbons (Fsp3) is 0.500. The van der Waals surface area contributed by atoms with E-state index in [2.05, 4.69) is 31.2 Å². The first kappa shape index (κ1) is 10.3. The van der Waals surface area contributed by atoms with Crippen molar-refractivity contribution in [3.8, 4) is 0 Å². The van der Waals surface area contributed by atoms with Crippen LogP contribution in [-0.4, -0.2) is 11.2 Å². The maximum absolute atomic E-state index is 9.37. The molecule has 0 saturated heterocycles. The van der Waals surface area contributed by atoms with E-state index in [0.717, 1.165) is 19.3 Å². The monoisotopic (exact) mass is 178 g/mol. The van der Waals surface area contributed by atoms with Gasteiger partial charge in [0.2, 0.25) is 0 Å². The van der Waals surface area contributed by atoms with E-state index >= 15 is 0 Å². The second-order valence-corrected chi connectivity index (χ2v) is 3.59. The van der Waals surface area contributed by atoms with Gasteiger partial charge in [-0.2, -0.15) is 0 Å². The van der Waals surface area contributed by atoms with Crippen LogP contribution in [-0.2, 0) is 6.42 Å². The van der Waals surface area contributed by atoms with Crippen LogP contribution in [0.15, 0.2) is 24.3 Å². The average Bonchev–Trinajstić information content (AvgIpc) is 2.16. The molecule has 1 aromatic rings. The molecule has 0 heterocycles. The standard InChI is InChI=1S/C12H18O/c1-3-12(13)9-8-11-6-4-10(2)5-7-11/h4-7,12-13H,3,8-9H2,1-2H3. The highest BCUT2D eigenvalue weighted by Crippen LogP contribution is 2.08. The molecule has 0 aliphatic heterocycles. The van der Waals surface area contributed by atoms with Crippen LogP contribution >= 0.6 is 0 Å². The summed E-state index contributed by atoms with van der Waals surface area (Å²) in [6, 6.07) is 8.51. The molecule has 72 valence electrons. The molecule has 1 rings (SSSR count). The molecule has 0 amide bonds. The highest BCUT2D eigenvalue weighted by Gasteiger charge is 2.00. The largest absolute Gasteiger partial charge is 0.393 e. The average molecular weight is 178 g/mol. The van der Waals surface area contributed by atoms with Crippen molar-refractivity contribution in [3.63, 3.8) is 0 Å². The summed E-state index contributed by atoms with van der Waals surface area (Å²) in [5.41, 5.74) is 2.61. The summed E-state index contributed by atoms with van der Waals surface area (Å²) in [5.74, 6) is 0. The van der Waals surface area contributed by atoms with Crippen LogP contribution in [0.2, 0.25) is 0 Å².